The molecule has 0 spiro atoms. The fraction of sp³-hybridized carbons (Fsp3) is 1.00. The molecule has 0 aromatic carbocycles. The molecule has 0 bridgehead atoms. The minimum atomic E-state index is 0.799. The highest BCUT2D eigenvalue weighted by atomic mass is 15.3. The van der Waals surface area contributed by atoms with Gasteiger partial charge in [0.2, 0.25) is 0 Å². The second-order valence-corrected chi connectivity index (χ2v) is 6.48. The quantitative estimate of drug-likeness (QED) is 0.691. The molecule has 2 atom stereocenters. The molecule has 2 saturated heterocycles. The van der Waals surface area contributed by atoms with Crippen molar-refractivity contribution in [2.75, 3.05) is 19.6 Å². The van der Waals surface area contributed by atoms with Gasteiger partial charge in [-0.3, -0.25) is 9.80 Å². The maximum absolute atomic E-state index is 2.87. The van der Waals surface area contributed by atoms with Crippen molar-refractivity contribution in [2.45, 2.75) is 76.4 Å². The predicted octanol–water partition coefficient (Wildman–Crippen LogP) is 2.88. The summed E-state index contributed by atoms with van der Waals surface area (Å²) in [6, 6.07) is 2.61. The summed E-state index contributed by atoms with van der Waals surface area (Å²) in [5.74, 6) is 0. The summed E-state index contributed by atoms with van der Waals surface area (Å²) in [6.45, 7) is 6.53. The van der Waals surface area contributed by atoms with E-state index in [4.69, 9.17) is 0 Å². The zero-order valence-corrected chi connectivity index (χ0v) is 11.4. The molecule has 2 nitrogen and oxygen atoms in total. The molecule has 0 aromatic rings. The Kier molecular flexibility index (Phi) is 3.72. The van der Waals surface area contributed by atoms with Crippen LogP contribution in [0.2, 0.25) is 0 Å². The number of nitrogens with zero attached hydrogens (tertiary/aromatic N) is 2. The second kappa shape index (κ2) is 5.27. The van der Waals surface area contributed by atoms with E-state index in [-0.39, 0.29) is 0 Å². The summed E-state index contributed by atoms with van der Waals surface area (Å²) >= 11 is 0. The van der Waals surface area contributed by atoms with Crippen molar-refractivity contribution in [1.82, 2.24) is 9.80 Å². The topological polar surface area (TPSA) is 6.48 Å². The number of hydrogen-bond acceptors (Lipinski definition) is 2. The monoisotopic (exact) mass is 236 g/mol. The van der Waals surface area contributed by atoms with Crippen LogP contribution in [0.3, 0.4) is 0 Å². The fourth-order valence-corrected chi connectivity index (χ4v) is 4.30. The molecule has 2 aliphatic heterocycles. The number of rotatable bonds is 1. The van der Waals surface area contributed by atoms with Gasteiger partial charge < -0.3 is 0 Å². The van der Waals surface area contributed by atoms with Crippen molar-refractivity contribution >= 4 is 0 Å². The van der Waals surface area contributed by atoms with E-state index in [0.29, 0.717) is 0 Å². The van der Waals surface area contributed by atoms with E-state index < -0.39 is 0 Å². The van der Waals surface area contributed by atoms with E-state index in [1.807, 2.05) is 0 Å². The minimum absolute atomic E-state index is 0.799. The lowest BCUT2D eigenvalue weighted by Gasteiger charge is -2.50. The van der Waals surface area contributed by atoms with E-state index in [0.717, 1.165) is 18.1 Å². The van der Waals surface area contributed by atoms with Gasteiger partial charge in [-0.1, -0.05) is 25.7 Å². The molecule has 3 rings (SSSR count). The van der Waals surface area contributed by atoms with Crippen LogP contribution < -0.4 is 0 Å². The summed E-state index contributed by atoms with van der Waals surface area (Å²) in [4.78, 5) is 5.64. The number of hydrogen-bond donors (Lipinski definition) is 0. The van der Waals surface area contributed by atoms with Crippen LogP contribution in [0.5, 0.6) is 0 Å². The SMILES string of the molecule is CC1CN2CCCCC2CN1C1CCCCC1. The third-order valence-corrected chi connectivity index (χ3v) is 5.28. The van der Waals surface area contributed by atoms with Gasteiger partial charge in [-0.15, -0.1) is 0 Å². The highest BCUT2D eigenvalue weighted by molar-refractivity contribution is 4.92. The molecule has 0 radical (unpaired) electrons. The standard InChI is InChI=1S/C15H28N2/c1-13-11-16-10-6-5-9-15(16)12-17(13)14-7-3-2-4-8-14/h13-15H,2-12H2,1H3. The molecule has 17 heavy (non-hydrogen) atoms. The molecule has 3 aliphatic rings. The van der Waals surface area contributed by atoms with E-state index in [1.54, 1.807) is 0 Å². The lowest BCUT2D eigenvalue weighted by molar-refractivity contribution is -0.0158. The molecule has 0 amide bonds. The second-order valence-electron chi connectivity index (χ2n) is 6.48. The molecule has 1 aliphatic carbocycles. The van der Waals surface area contributed by atoms with Crippen LogP contribution >= 0.6 is 0 Å². The largest absolute Gasteiger partial charge is 0.298 e. The van der Waals surface area contributed by atoms with Gasteiger partial charge in [0.05, 0.1) is 0 Å². The molecule has 0 aromatic heterocycles. The Morgan fingerprint density at radius 3 is 2.29 bits per heavy atom. The highest BCUT2D eigenvalue weighted by Crippen LogP contribution is 2.30. The molecule has 2 heteroatoms. The third kappa shape index (κ3) is 2.53. The predicted molar refractivity (Wildman–Crippen MR) is 72.3 cm³/mol. The van der Waals surface area contributed by atoms with Crippen LogP contribution in [0.25, 0.3) is 0 Å². The first-order valence-corrected chi connectivity index (χ1v) is 7.84. The van der Waals surface area contributed by atoms with E-state index in [2.05, 4.69) is 16.7 Å². The zero-order chi connectivity index (χ0) is 11.7. The lowest BCUT2D eigenvalue weighted by atomic mass is 9.90. The first kappa shape index (κ1) is 12.0. The first-order valence-electron chi connectivity index (χ1n) is 7.84. The maximum atomic E-state index is 2.87. The molecule has 3 fully saturated rings. The van der Waals surface area contributed by atoms with Crippen molar-refractivity contribution in [3.8, 4) is 0 Å². The van der Waals surface area contributed by atoms with E-state index in [1.165, 1.54) is 71.0 Å². The minimum Gasteiger partial charge on any atom is -0.298 e. The fourth-order valence-electron chi connectivity index (χ4n) is 4.30. The third-order valence-electron chi connectivity index (χ3n) is 5.28. The number of piperazine rings is 1. The Morgan fingerprint density at radius 1 is 0.765 bits per heavy atom. The summed E-state index contributed by atoms with van der Waals surface area (Å²) in [7, 11) is 0. The number of fused-ring (bicyclic) bond motifs is 1. The van der Waals surface area contributed by atoms with Crippen molar-refractivity contribution in [3.05, 3.63) is 0 Å². The molecular weight excluding hydrogens is 208 g/mol. The van der Waals surface area contributed by atoms with Crippen LogP contribution in [0, 0.1) is 0 Å². The molecule has 0 N–H and O–H groups in total. The summed E-state index contributed by atoms with van der Waals surface area (Å²) in [5.41, 5.74) is 0. The van der Waals surface area contributed by atoms with Gasteiger partial charge in [-0.05, 0) is 39.2 Å². The Hall–Kier alpha value is -0.0800. The van der Waals surface area contributed by atoms with Crippen LogP contribution in [-0.2, 0) is 0 Å². The Bertz CT molecular complexity index is 247. The van der Waals surface area contributed by atoms with Gasteiger partial charge in [0.15, 0.2) is 0 Å². The summed E-state index contributed by atoms with van der Waals surface area (Å²) < 4.78 is 0. The van der Waals surface area contributed by atoms with E-state index >= 15 is 0 Å². The van der Waals surface area contributed by atoms with E-state index in [9.17, 15) is 0 Å². The van der Waals surface area contributed by atoms with Gasteiger partial charge >= 0.3 is 0 Å². The number of piperidine rings is 1. The van der Waals surface area contributed by atoms with Crippen LogP contribution in [-0.4, -0.2) is 47.6 Å². The Balaban J connectivity index is 1.64. The van der Waals surface area contributed by atoms with Crippen molar-refractivity contribution in [1.29, 1.82) is 0 Å². The molecular formula is C15H28N2. The van der Waals surface area contributed by atoms with Gasteiger partial charge in [0.25, 0.3) is 0 Å². The average Bonchev–Trinajstić information content (AvgIpc) is 2.39. The summed E-state index contributed by atoms with van der Waals surface area (Å²) in [6.07, 6.45) is 11.7. The van der Waals surface area contributed by atoms with Gasteiger partial charge in [0, 0.05) is 31.2 Å². The average molecular weight is 236 g/mol. The van der Waals surface area contributed by atoms with Crippen molar-refractivity contribution < 1.29 is 0 Å². The molecule has 1 saturated carbocycles. The Labute approximate surface area is 106 Å². The van der Waals surface area contributed by atoms with Gasteiger partial charge in [-0.2, -0.15) is 0 Å². The van der Waals surface area contributed by atoms with Crippen LogP contribution in [0.4, 0.5) is 0 Å². The van der Waals surface area contributed by atoms with Crippen LogP contribution in [0.1, 0.15) is 58.3 Å². The van der Waals surface area contributed by atoms with Gasteiger partial charge in [0.1, 0.15) is 0 Å². The van der Waals surface area contributed by atoms with Gasteiger partial charge in [-0.25, -0.2) is 0 Å². The van der Waals surface area contributed by atoms with Crippen LogP contribution in [0.15, 0.2) is 0 Å². The lowest BCUT2D eigenvalue weighted by Crippen LogP contribution is -2.61. The summed E-state index contributed by atoms with van der Waals surface area (Å²) in [5, 5.41) is 0. The zero-order valence-electron chi connectivity index (χ0n) is 11.4. The molecule has 98 valence electrons. The molecule has 2 unspecified atom stereocenters. The maximum Gasteiger partial charge on any atom is 0.0224 e. The van der Waals surface area contributed by atoms with Crippen molar-refractivity contribution in [3.63, 3.8) is 0 Å². The highest BCUT2D eigenvalue weighted by Gasteiger charge is 2.36. The normalized spacial score (nSPS) is 37.9. The molecule has 2 heterocycles. The first-order chi connectivity index (χ1) is 8.34. The smallest absolute Gasteiger partial charge is 0.0224 e. The Morgan fingerprint density at radius 2 is 1.47 bits per heavy atom. The van der Waals surface area contributed by atoms with Crippen molar-refractivity contribution in [2.24, 2.45) is 0 Å².